The van der Waals surface area contributed by atoms with E-state index in [2.05, 4.69) is 0 Å². The summed E-state index contributed by atoms with van der Waals surface area (Å²) >= 11 is 0. The van der Waals surface area contributed by atoms with Gasteiger partial charge in [0.2, 0.25) is 0 Å². The maximum Gasteiger partial charge on any atom is 0.276 e. The van der Waals surface area contributed by atoms with Crippen LogP contribution in [0.2, 0.25) is 0 Å². The third kappa shape index (κ3) is 1.23. The quantitative estimate of drug-likeness (QED) is 0.590. The highest BCUT2D eigenvalue weighted by Gasteiger charge is 2.04. The van der Waals surface area contributed by atoms with Crippen molar-refractivity contribution in [2.24, 2.45) is 0 Å². The van der Waals surface area contributed by atoms with Crippen LogP contribution in [-0.4, -0.2) is 0 Å². The molecule has 0 saturated heterocycles. The predicted molar refractivity (Wildman–Crippen MR) is 33.5 cm³/mol. The van der Waals surface area contributed by atoms with Crippen molar-refractivity contribution in [2.75, 3.05) is 0 Å². The molecule has 0 spiro atoms. The van der Waals surface area contributed by atoms with Crippen molar-refractivity contribution in [1.29, 1.82) is 0 Å². The van der Waals surface area contributed by atoms with Crippen LogP contribution in [0.1, 0.15) is 12.7 Å². The molecule has 0 aliphatic heterocycles. The topological polar surface area (TPSA) is 13.1 Å². The summed E-state index contributed by atoms with van der Waals surface area (Å²) in [6.07, 6.45) is -0.336. The third-order valence-electron chi connectivity index (χ3n) is 1.17. The van der Waals surface area contributed by atoms with Gasteiger partial charge in [-0.3, -0.25) is 0 Å². The molecule has 0 bridgehead atoms. The molecule has 0 fully saturated rings. The van der Waals surface area contributed by atoms with Crippen LogP contribution >= 0.6 is 0 Å². The Labute approximate surface area is 57.0 Å². The van der Waals surface area contributed by atoms with Crippen LogP contribution in [-0.2, 0) is 0 Å². The molecular weight excluding hydrogens is 138 g/mol. The first kappa shape index (κ1) is 6.99. The molecule has 0 N–H and O–H groups in total. The van der Waals surface area contributed by atoms with Gasteiger partial charge in [-0.25, -0.2) is 0 Å². The number of furan rings is 1. The van der Waals surface area contributed by atoms with Crippen LogP contribution in [0.5, 0.6) is 0 Å². The first-order valence-corrected chi connectivity index (χ1v) is 2.77. The molecule has 1 nitrogen and oxygen atoms in total. The van der Waals surface area contributed by atoms with E-state index in [1.54, 1.807) is 6.07 Å². The zero-order valence-corrected chi connectivity index (χ0v) is 5.40. The molecule has 0 atom stereocenters. The van der Waals surface area contributed by atoms with Gasteiger partial charge >= 0.3 is 0 Å². The van der Waals surface area contributed by atoms with Gasteiger partial charge in [-0.15, -0.1) is 0 Å². The number of allylic oxidation sites excluding steroid dienone is 1. The summed E-state index contributed by atoms with van der Waals surface area (Å²) in [6, 6.07) is 3.07. The van der Waals surface area contributed by atoms with Gasteiger partial charge in [-0.2, -0.15) is 8.78 Å². The second kappa shape index (κ2) is 2.64. The molecule has 1 aromatic heterocycles. The average Bonchev–Trinajstić information content (AvgIpc) is 2.36. The van der Waals surface area contributed by atoms with Gasteiger partial charge in [-0.1, -0.05) is 0 Å². The molecule has 1 rings (SSSR count). The minimum Gasteiger partial charge on any atom is -0.465 e. The van der Waals surface area contributed by atoms with E-state index in [0.717, 1.165) is 0 Å². The second-order valence-electron chi connectivity index (χ2n) is 1.86. The van der Waals surface area contributed by atoms with Gasteiger partial charge in [0.15, 0.2) is 0 Å². The molecule has 1 heterocycles. The van der Waals surface area contributed by atoms with E-state index in [9.17, 15) is 8.78 Å². The summed E-state index contributed by atoms with van der Waals surface area (Å²) in [4.78, 5) is 0. The predicted octanol–water partition coefficient (Wildman–Crippen LogP) is 2.91. The van der Waals surface area contributed by atoms with Gasteiger partial charge in [0.1, 0.15) is 5.76 Å². The smallest absolute Gasteiger partial charge is 0.276 e. The average molecular weight is 144 g/mol. The highest BCUT2D eigenvalue weighted by atomic mass is 19.3. The van der Waals surface area contributed by atoms with Crippen molar-refractivity contribution in [2.45, 2.75) is 6.92 Å². The SMILES string of the molecule is CC(=C(F)F)c1ccco1. The Bertz CT molecular complexity index is 232. The van der Waals surface area contributed by atoms with E-state index in [1.807, 2.05) is 0 Å². The summed E-state index contributed by atoms with van der Waals surface area (Å²) in [7, 11) is 0. The summed E-state index contributed by atoms with van der Waals surface area (Å²) in [5, 5.41) is 0. The molecule has 0 aliphatic rings. The number of halogens is 2. The van der Waals surface area contributed by atoms with Crippen LogP contribution in [0.4, 0.5) is 8.78 Å². The number of hydrogen-bond acceptors (Lipinski definition) is 1. The zero-order chi connectivity index (χ0) is 7.56. The lowest BCUT2D eigenvalue weighted by Gasteiger charge is -1.90. The molecule has 0 radical (unpaired) electrons. The van der Waals surface area contributed by atoms with Gasteiger partial charge in [-0.05, 0) is 19.1 Å². The fourth-order valence-corrected chi connectivity index (χ4v) is 0.585. The van der Waals surface area contributed by atoms with Crippen molar-refractivity contribution in [3.63, 3.8) is 0 Å². The maximum atomic E-state index is 11.8. The molecule has 0 saturated carbocycles. The Kier molecular flexibility index (Phi) is 1.85. The second-order valence-corrected chi connectivity index (χ2v) is 1.86. The summed E-state index contributed by atoms with van der Waals surface area (Å²) in [5.41, 5.74) is -0.106. The molecule has 1 aromatic rings. The lowest BCUT2D eigenvalue weighted by Crippen LogP contribution is -1.73. The summed E-state index contributed by atoms with van der Waals surface area (Å²) in [6.45, 7) is 1.31. The van der Waals surface area contributed by atoms with Crippen LogP contribution in [0.15, 0.2) is 28.9 Å². The minimum atomic E-state index is -1.70. The lowest BCUT2D eigenvalue weighted by atomic mass is 10.3. The van der Waals surface area contributed by atoms with E-state index >= 15 is 0 Å². The summed E-state index contributed by atoms with van der Waals surface area (Å²) in [5.74, 6) is 0.222. The highest BCUT2D eigenvalue weighted by molar-refractivity contribution is 5.59. The van der Waals surface area contributed by atoms with Crippen molar-refractivity contribution in [3.05, 3.63) is 30.2 Å². The molecule has 3 heteroatoms. The van der Waals surface area contributed by atoms with E-state index < -0.39 is 6.08 Å². The Morgan fingerprint density at radius 1 is 1.50 bits per heavy atom. The first-order valence-electron chi connectivity index (χ1n) is 2.77. The fraction of sp³-hybridized carbons (Fsp3) is 0.143. The molecule has 0 unspecified atom stereocenters. The Morgan fingerprint density at radius 2 is 2.20 bits per heavy atom. The van der Waals surface area contributed by atoms with E-state index in [4.69, 9.17) is 4.42 Å². The molecule has 0 aliphatic carbocycles. The Balaban J connectivity index is 2.99. The molecule has 0 aromatic carbocycles. The standard InChI is InChI=1S/C7H6F2O/c1-5(7(8)9)6-3-2-4-10-6/h2-4H,1H3. The van der Waals surface area contributed by atoms with E-state index in [0.29, 0.717) is 0 Å². The van der Waals surface area contributed by atoms with Gasteiger partial charge in [0.25, 0.3) is 6.08 Å². The minimum absolute atomic E-state index is 0.106. The first-order chi connectivity index (χ1) is 4.72. The van der Waals surface area contributed by atoms with Crippen molar-refractivity contribution >= 4 is 5.57 Å². The summed E-state index contributed by atoms with van der Waals surface area (Å²) < 4.78 is 28.3. The van der Waals surface area contributed by atoms with Crippen molar-refractivity contribution < 1.29 is 13.2 Å². The molecule has 0 amide bonds. The highest BCUT2D eigenvalue weighted by Crippen LogP contribution is 2.19. The lowest BCUT2D eigenvalue weighted by molar-refractivity contribution is 0.420. The van der Waals surface area contributed by atoms with Crippen LogP contribution in [0, 0.1) is 0 Å². The molecule has 54 valence electrons. The monoisotopic (exact) mass is 144 g/mol. The van der Waals surface area contributed by atoms with Crippen LogP contribution in [0.25, 0.3) is 5.57 Å². The molecule has 10 heavy (non-hydrogen) atoms. The van der Waals surface area contributed by atoms with E-state index in [1.165, 1.54) is 19.3 Å². The Morgan fingerprint density at radius 3 is 2.60 bits per heavy atom. The van der Waals surface area contributed by atoms with Crippen molar-refractivity contribution in [1.82, 2.24) is 0 Å². The largest absolute Gasteiger partial charge is 0.465 e. The molecular formula is C7H6F2O. The Hall–Kier alpha value is -1.12. The van der Waals surface area contributed by atoms with Gasteiger partial charge in [0.05, 0.1) is 11.8 Å². The van der Waals surface area contributed by atoms with E-state index in [-0.39, 0.29) is 11.3 Å². The number of rotatable bonds is 1. The fourth-order valence-electron chi connectivity index (χ4n) is 0.585. The van der Waals surface area contributed by atoms with Crippen LogP contribution in [0.3, 0.4) is 0 Å². The van der Waals surface area contributed by atoms with Gasteiger partial charge < -0.3 is 4.42 Å². The zero-order valence-electron chi connectivity index (χ0n) is 5.40. The van der Waals surface area contributed by atoms with Crippen molar-refractivity contribution in [3.8, 4) is 0 Å². The van der Waals surface area contributed by atoms with Gasteiger partial charge in [0, 0.05) is 0 Å². The normalized spacial score (nSPS) is 9.50. The third-order valence-corrected chi connectivity index (χ3v) is 1.17. The number of hydrogen-bond donors (Lipinski definition) is 0. The van der Waals surface area contributed by atoms with Crippen LogP contribution < -0.4 is 0 Å². The maximum absolute atomic E-state index is 11.8.